The van der Waals surface area contributed by atoms with Gasteiger partial charge >= 0.3 is 0 Å². The quantitative estimate of drug-likeness (QED) is 0.361. The Balaban J connectivity index is 2.15. The fraction of sp³-hybridized carbons (Fsp3) is 0.0588. The molecule has 0 amide bonds. The van der Waals surface area contributed by atoms with Gasteiger partial charge in [-0.2, -0.15) is 5.10 Å². The number of sulfone groups is 1. The molecule has 0 unspecified atom stereocenters. The number of nitrogens with zero attached hydrogens (tertiary/aromatic N) is 1. The molecule has 3 rings (SSSR count). The third-order valence-corrected chi connectivity index (χ3v) is 4.96. The topological polar surface area (TPSA) is 100 Å². The summed E-state index contributed by atoms with van der Waals surface area (Å²) < 4.78 is 36.9. The van der Waals surface area contributed by atoms with Gasteiger partial charge in [-0.1, -0.05) is 12.1 Å². The van der Waals surface area contributed by atoms with Crippen molar-refractivity contribution in [1.82, 2.24) is 10.4 Å². The van der Waals surface area contributed by atoms with Crippen LogP contribution in [0.25, 0.3) is 22.2 Å². The van der Waals surface area contributed by atoms with Crippen LogP contribution in [0.1, 0.15) is 5.56 Å². The van der Waals surface area contributed by atoms with Gasteiger partial charge in [0.05, 0.1) is 16.8 Å². The molecule has 4 N–H and O–H groups in total. The molecule has 0 radical (unpaired) electrons. The lowest BCUT2D eigenvalue weighted by Crippen LogP contribution is -2.24. The van der Waals surface area contributed by atoms with Crippen LogP contribution in [-0.2, 0) is 9.84 Å². The molecule has 26 heavy (non-hydrogen) atoms. The van der Waals surface area contributed by atoms with Crippen LogP contribution in [0.15, 0.2) is 52.5 Å². The van der Waals surface area contributed by atoms with Crippen LogP contribution >= 0.6 is 12.2 Å². The van der Waals surface area contributed by atoms with Crippen LogP contribution < -0.4 is 11.2 Å². The summed E-state index contributed by atoms with van der Waals surface area (Å²) >= 11 is 4.71. The monoisotopic (exact) mass is 390 g/mol. The zero-order valence-electron chi connectivity index (χ0n) is 13.7. The maximum atomic E-state index is 13.7. The van der Waals surface area contributed by atoms with E-state index >= 15 is 0 Å². The number of halogens is 1. The summed E-state index contributed by atoms with van der Waals surface area (Å²) in [6, 6.07) is 10.8. The lowest BCUT2D eigenvalue weighted by molar-refractivity contribution is 0.602. The van der Waals surface area contributed by atoms with Crippen molar-refractivity contribution in [2.75, 3.05) is 6.26 Å². The average molecular weight is 390 g/mol. The molecule has 0 atom stereocenters. The first-order valence-corrected chi connectivity index (χ1v) is 9.76. The van der Waals surface area contributed by atoms with Gasteiger partial charge in [0.1, 0.15) is 5.82 Å². The lowest BCUT2D eigenvalue weighted by Gasteiger charge is -2.03. The number of rotatable bonds is 4. The van der Waals surface area contributed by atoms with Crippen LogP contribution in [0, 0.1) is 5.82 Å². The number of hydrogen-bond acceptors (Lipinski definition) is 4. The fourth-order valence-electron chi connectivity index (χ4n) is 2.58. The molecular formula is C17H15FN4O2S2. The normalized spacial score (nSPS) is 11.9. The zero-order chi connectivity index (χ0) is 18.9. The highest BCUT2D eigenvalue weighted by atomic mass is 32.2. The molecule has 0 fully saturated rings. The highest BCUT2D eigenvalue weighted by molar-refractivity contribution is 7.90. The van der Waals surface area contributed by atoms with Crippen molar-refractivity contribution in [3.8, 4) is 11.3 Å². The third-order valence-electron chi connectivity index (χ3n) is 3.74. The Morgan fingerprint density at radius 1 is 1.27 bits per heavy atom. The number of H-pyrrole nitrogens is 1. The van der Waals surface area contributed by atoms with Gasteiger partial charge < -0.3 is 10.7 Å². The number of aromatic nitrogens is 1. The van der Waals surface area contributed by atoms with E-state index in [1.54, 1.807) is 18.2 Å². The van der Waals surface area contributed by atoms with Crippen molar-refractivity contribution < 1.29 is 12.8 Å². The lowest BCUT2D eigenvalue weighted by atomic mass is 10.1. The van der Waals surface area contributed by atoms with Gasteiger partial charge in [0.25, 0.3) is 0 Å². The standard InChI is InChI=1S/C17H15FN4O2S2/c1-26(23,24)12-5-2-10(3-6-12)16-14(9-20-22-17(19)25)13-8-11(18)4-7-15(13)21-16/h2-9,21H,1H3,(H3,19,22,25)/b20-9+. The molecule has 1 aromatic heterocycles. The summed E-state index contributed by atoms with van der Waals surface area (Å²) in [5.74, 6) is -0.382. The van der Waals surface area contributed by atoms with E-state index < -0.39 is 9.84 Å². The van der Waals surface area contributed by atoms with Gasteiger partial charge in [-0.25, -0.2) is 12.8 Å². The number of fused-ring (bicyclic) bond motifs is 1. The minimum atomic E-state index is -3.29. The van der Waals surface area contributed by atoms with Crippen LogP contribution in [0.2, 0.25) is 0 Å². The van der Waals surface area contributed by atoms with Crippen LogP contribution in [0.3, 0.4) is 0 Å². The van der Waals surface area contributed by atoms with Gasteiger partial charge in [0.2, 0.25) is 0 Å². The second-order valence-corrected chi connectivity index (χ2v) is 8.09. The van der Waals surface area contributed by atoms with E-state index in [1.165, 1.54) is 30.5 Å². The maximum absolute atomic E-state index is 13.7. The molecule has 0 aliphatic heterocycles. The molecule has 0 aliphatic carbocycles. The van der Waals surface area contributed by atoms with Gasteiger partial charge in [-0.15, -0.1) is 0 Å². The van der Waals surface area contributed by atoms with Crippen molar-refractivity contribution in [1.29, 1.82) is 0 Å². The Morgan fingerprint density at radius 2 is 1.96 bits per heavy atom. The van der Waals surface area contributed by atoms with E-state index in [0.29, 0.717) is 22.2 Å². The number of thiocarbonyl (C=S) groups is 1. The average Bonchev–Trinajstić information content (AvgIpc) is 2.92. The van der Waals surface area contributed by atoms with E-state index in [1.807, 2.05) is 0 Å². The Kier molecular flexibility index (Phi) is 4.75. The molecule has 2 aromatic carbocycles. The maximum Gasteiger partial charge on any atom is 0.184 e. The summed E-state index contributed by atoms with van der Waals surface area (Å²) in [6.07, 6.45) is 2.63. The molecule has 1 heterocycles. The van der Waals surface area contributed by atoms with Crippen molar-refractivity contribution in [2.45, 2.75) is 4.90 Å². The Labute approximate surface area is 154 Å². The summed E-state index contributed by atoms with van der Waals surface area (Å²) in [5.41, 5.74) is 10.5. The van der Waals surface area contributed by atoms with E-state index in [9.17, 15) is 12.8 Å². The van der Waals surface area contributed by atoms with Gasteiger partial charge in [-0.3, -0.25) is 5.43 Å². The Bertz CT molecular complexity index is 1120. The molecule has 3 aromatic rings. The summed E-state index contributed by atoms with van der Waals surface area (Å²) in [4.78, 5) is 3.42. The first kappa shape index (κ1) is 18.0. The second-order valence-electron chi connectivity index (χ2n) is 5.63. The molecule has 134 valence electrons. The van der Waals surface area contributed by atoms with E-state index in [0.717, 1.165) is 11.8 Å². The molecule has 0 saturated carbocycles. The van der Waals surface area contributed by atoms with Crippen molar-refractivity contribution in [2.24, 2.45) is 10.8 Å². The molecule has 0 spiro atoms. The number of hydrogen-bond donors (Lipinski definition) is 3. The molecule has 0 bridgehead atoms. The summed E-state index contributed by atoms with van der Waals surface area (Å²) in [5, 5.41) is 4.59. The number of aromatic amines is 1. The SMILES string of the molecule is CS(=O)(=O)c1ccc(-c2[nH]c3ccc(F)cc3c2/C=N/NC(N)=S)cc1. The van der Waals surface area contributed by atoms with Crippen LogP contribution in [0.5, 0.6) is 0 Å². The van der Waals surface area contributed by atoms with Gasteiger partial charge in [0.15, 0.2) is 14.9 Å². The fourth-order valence-corrected chi connectivity index (χ4v) is 3.26. The van der Waals surface area contributed by atoms with Crippen LogP contribution in [-0.4, -0.2) is 31.0 Å². The summed E-state index contributed by atoms with van der Waals surface area (Å²) in [6.45, 7) is 0. The predicted molar refractivity (Wildman–Crippen MR) is 104 cm³/mol. The minimum Gasteiger partial charge on any atom is -0.375 e. The minimum absolute atomic E-state index is 0.00586. The van der Waals surface area contributed by atoms with E-state index in [-0.39, 0.29) is 15.8 Å². The Morgan fingerprint density at radius 3 is 2.58 bits per heavy atom. The molecule has 6 nitrogen and oxygen atoms in total. The second kappa shape index (κ2) is 6.85. The highest BCUT2D eigenvalue weighted by Gasteiger charge is 2.14. The number of nitrogens with one attached hydrogen (secondary N) is 2. The van der Waals surface area contributed by atoms with Gasteiger partial charge in [-0.05, 0) is 48.1 Å². The van der Waals surface area contributed by atoms with Gasteiger partial charge in [0, 0.05) is 22.7 Å². The molecule has 0 saturated heterocycles. The largest absolute Gasteiger partial charge is 0.375 e. The smallest absolute Gasteiger partial charge is 0.184 e. The molecular weight excluding hydrogens is 375 g/mol. The third kappa shape index (κ3) is 3.73. The van der Waals surface area contributed by atoms with Crippen molar-refractivity contribution in [3.05, 3.63) is 53.8 Å². The number of nitrogens with two attached hydrogens (primary N) is 1. The van der Waals surface area contributed by atoms with Crippen LogP contribution in [0.4, 0.5) is 4.39 Å². The van der Waals surface area contributed by atoms with Crippen molar-refractivity contribution in [3.63, 3.8) is 0 Å². The number of benzene rings is 2. The zero-order valence-corrected chi connectivity index (χ0v) is 15.3. The summed E-state index contributed by atoms with van der Waals surface area (Å²) in [7, 11) is -3.29. The van der Waals surface area contributed by atoms with E-state index in [4.69, 9.17) is 18.0 Å². The highest BCUT2D eigenvalue weighted by Crippen LogP contribution is 2.30. The van der Waals surface area contributed by atoms with Crippen molar-refractivity contribution >= 4 is 44.3 Å². The Hall–Kier alpha value is -2.78. The van der Waals surface area contributed by atoms with E-state index in [2.05, 4.69) is 15.5 Å². The molecule has 0 aliphatic rings. The first-order valence-electron chi connectivity index (χ1n) is 7.46. The predicted octanol–water partition coefficient (Wildman–Crippen LogP) is 2.54. The molecule has 9 heteroatoms. The first-order chi connectivity index (χ1) is 12.3. The number of hydrazone groups is 1.